The summed E-state index contributed by atoms with van der Waals surface area (Å²) in [6, 6.07) is 7.20. The molecule has 0 radical (unpaired) electrons. The topological polar surface area (TPSA) is 17.0 Å². The molecule has 19 heavy (non-hydrogen) atoms. The highest BCUT2D eigenvalue weighted by Gasteiger charge is 2.17. The van der Waals surface area contributed by atoms with Crippen molar-refractivity contribution in [1.29, 1.82) is 0 Å². The first-order valence-corrected chi connectivity index (χ1v) is 7.71. The molecule has 2 heteroatoms. The third-order valence-electron chi connectivity index (χ3n) is 4.77. The molecule has 100 valence electrons. The Kier molecular flexibility index (Phi) is 2.84. The number of hydrogen-bond donors (Lipinski definition) is 1. The third-order valence-corrected chi connectivity index (χ3v) is 4.77. The minimum Gasteiger partial charge on any atom is -0.347 e. The number of hydrogen-bond acceptors (Lipinski definition) is 1. The first kappa shape index (κ1) is 11.5. The molecule has 0 saturated carbocycles. The van der Waals surface area contributed by atoms with Crippen molar-refractivity contribution in [2.24, 2.45) is 5.92 Å². The van der Waals surface area contributed by atoms with E-state index in [0.29, 0.717) is 0 Å². The van der Waals surface area contributed by atoms with Gasteiger partial charge in [-0.3, -0.25) is 0 Å². The van der Waals surface area contributed by atoms with Crippen molar-refractivity contribution in [2.75, 3.05) is 13.1 Å². The zero-order valence-corrected chi connectivity index (χ0v) is 11.5. The van der Waals surface area contributed by atoms with Crippen molar-refractivity contribution in [3.63, 3.8) is 0 Å². The van der Waals surface area contributed by atoms with Gasteiger partial charge in [-0.25, -0.2) is 0 Å². The van der Waals surface area contributed by atoms with Crippen LogP contribution in [0.2, 0.25) is 0 Å². The van der Waals surface area contributed by atoms with Crippen LogP contribution in [-0.4, -0.2) is 17.7 Å². The smallest absolute Gasteiger partial charge is 0.0513 e. The summed E-state index contributed by atoms with van der Waals surface area (Å²) < 4.78 is 2.43. The Bertz CT molecular complexity index is 591. The summed E-state index contributed by atoms with van der Waals surface area (Å²) in [5.41, 5.74) is 4.63. The van der Waals surface area contributed by atoms with Gasteiger partial charge in [-0.05, 0) is 74.4 Å². The summed E-state index contributed by atoms with van der Waals surface area (Å²) in [7, 11) is 0. The molecule has 2 aromatic rings. The van der Waals surface area contributed by atoms with Crippen LogP contribution in [0.4, 0.5) is 0 Å². The monoisotopic (exact) mass is 254 g/mol. The van der Waals surface area contributed by atoms with Gasteiger partial charge in [0.25, 0.3) is 0 Å². The molecule has 1 unspecified atom stereocenters. The van der Waals surface area contributed by atoms with E-state index in [2.05, 4.69) is 34.3 Å². The molecule has 3 heterocycles. The van der Waals surface area contributed by atoms with Crippen LogP contribution in [0.3, 0.4) is 0 Å². The quantitative estimate of drug-likeness (QED) is 0.871. The number of aryl methyl sites for hydroxylation is 2. The number of nitrogens with one attached hydrogen (secondary N) is 1. The van der Waals surface area contributed by atoms with E-state index in [1.807, 2.05) is 0 Å². The van der Waals surface area contributed by atoms with Gasteiger partial charge in [-0.2, -0.15) is 0 Å². The maximum atomic E-state index is 3.53. The van der Waals surface area contributed by atoms with Gasteiger partial charge in [0, 0.05) is 18.1 Å². The Morgan fingerprint density at radius 1 is 1.26 bits per heavy atom. The second-order valence-electron chi connectivity index (χ2n) is 6.22. The summed E-state index contributed by atoms with van der Waals surface area (Å²) in [6.45, 7) is 3.61. The lowest BCUT2D eigenvalue weighted by molar-refractivity contribution is 0.376. The van der Waals surface area contributed by atoms with E-state index in [0.717, 1.165) is 5.92 Å². The molecule has 0 aliphatic carbocycles. The lowest BCUT2D eigenvalue weighted by Crippen LogP contribution is -2.30. The fourth-order valence-corrected chi connectivity index (χ4v) is 3.88. The van der Waals surface area contributed by atoms with E-state index < -0.39 is 0 Å². The van der Waals surface area contributed by atoms with E-state index in [4.69, 9.17) is 0 Å². The van der Waals surface area contributed by atoms with E-state index >= 15 is 0 Å². The third kappa shape index (κ3) is 2.08. The average Bonchev–Trinajstić information content (AvgIpc) is 2.85. The molecule has 1 N–H and O–H groups in total. The highest BCUT2D eigenvalue weighted by Crippen LogP contribution is 2.29. The SMILES string of the molecule is c1c(CC2CCCNC2)cc2ccn3c2c1CCC3. The summed E-state index contributed by atoms with van der Waals surface area (Å²) >= 11 is 0. The summed E-state index contributed by atoms with van der Waals surface area (Å²) in [4.78, 5) is 0. The van der Waals surface area contributed by atoms with Crippen molar-refractivity contribution >= 4 is 10.9 Å². The Morgan fingerprint density at radius 2 is 2.26 bits per heavy atom. The molecule has 1 aromatic carbocycles. The fourth-order valence-electron chi connectivity index (χ4n) is 3.88. The maximum Gasteiger partial charge on any atom is 0.0513 e. The minimum absolute atomic E-state index is 0.837. The zero-order valence-electron chi connectivity index (χ0n) is 11.5. The van der Waals surface area contributed by atoms with Crippen LogP contribution in [0, 0.1) is 5.92 Å². The molecule has 1 aromatic heterocycles. The molecule has 4 rings (SSSR count). The van der Waals surface area contributed by atoms with Gasteiger partial charge in [0.2, 0.25) is 0 Å². The van der Waals surface area contributed by atoms with Gasteiger partial charge in [-0.15, -0.1) is 0 Å². The predicted molar refractivity (Wildman–Crippen MR) is 79.6 cm³/mol. The number of piperidine rings is 1. The number of rotatable bonds is 2. The van der Waals surface area contributed by atoms with Crippen LogP contribution < -0.4 is 5.32 Å². The minimum atomic E-state index is 0.837. The molecule has 2 aliphatic heterocycles. The molecule has 0 bridgehead atoms. The van der Waals surface area contributed by atoms with Crippen LogP contribution in [0.25, 0.3) is 10.9 Å². The summed E-state index contributed by atoms with van der Waals surface area (Å²) in [5, 5.41) is 4.99. The van der Waals surface area contributed by atoms with E-state index in [1.54, 1.807) is 11.1 Å². The van der Waals surface area contributed by atoms with Crippen LogP contribution in [0.1, 0.15) is 30.4 Å². The van der Waals surface area contributed by atoms with Gasteiger partial charge >= 0.3 is 0 Å². The van der Waals surface area contributed by atoms with E-state index in [-0.39, 0.29) is 0 Å². The van der Waals surface area contributed by atoms with Gasteiger partial charge < -0.3 is 9.88 Å². The van der Waals surface area contributed by atoms with Crippen LogP contribution in [-0.2, 0) is 19.4 Å². The second kappa shape index (κ2) is 4.68. The second-order valence-corrected chi connectivity index (χ2v) is 6.22. The predicted octanol–water partition coefficient (Wildman–Crippen LogP) is 3.13. The van der Waals surface area contributed by atoms with Gasteiger partial charge in [0.05, 0.1) is 5.52 Å². The van der Waals surface area contributed by atoms with Crippen molar-refractivity contribution < 1.29 is 0 Å². The summed E-state index contributed by atoms with van der Waals surface area (Å²) in [6.07, 6.45) is 8.81. The van der Waals surface area contributed by atoms with Crippen molar-refractivity contribution in [2.45, 2.75) is 38.6 Å². The zero-order chi connectivity index (χ0) is 12.7. The normalized spacial score (nSPS) is 22.8. The van der Waals surface area contributed by atoms with E-state index in [1.165, 1.54) is 62.6 Å². The lowest BCUT2D eigenvalue weighted by Gasteiger charge is -2.23. The van der Waals surface area contributed by atoms with Gasteiger partial charge in [0.15, 0.2) is 0 Å². The Labute approximate surface area is 114 Å². The molecule has 1 fully saturated rings. The average molecular weight is 254 g/mol. The van der Waals surface area contributed by atoms with Crippen LogP contribution in [0.5, 0.6) is 0 Å². The first-order chi connectivity index (χ1) is 9.40. The largest absolute Gasteiger partial charge is 0.347 e. The Balaban J connectivity index is 1.67. The molecular weight excluding hydrogens is 232 g/mol. The first-order valence-electron chi connectivity index (χ1n) is 7.71. The molecule has 1 atom stereocenters. The molecule has 0 spiro atoms. The number of benzene rings is 1. The lowest BCUT2D eigenvalue weighted by atomic mass is 9.90. The van der Waals surface area contributed by atoms with Gasteiger partial charge in [-0.1, -0.05) is 6.07 Å². The van der Waals surface area contributed by atoms with Gasteiger partial charge in [0.1, 0.15) is 0 Å². The van der Waals surface area contributed by atoms with Crippen LogP contribution >= 0.6 is 0 Å². The molecular formula is C17H22N2. The highest BCUT2D eigenvalue weighted by atomic mass is 15.0. The summed E-state index contributed by atoms with van der Waals surface area (Å²) in [5.74, 6) is 0.837. The molecule has 2 aliphatic rings. The van der Waals surface area contributed by atoms with E-state index in [9.17, 15) is 0 Å². The van der Waals surface area contributed by atoms with Crippen molar-refractivity contribution in [1.82, 2.24) is 9.88 Å². The standard InChI is InChI=1S/C17H22N2/c1-3-13(12-18-6-1)9-14-10-15-4-2-7-19-8-5-16(11-14)17(15)19/h5,8,10-11,13,18H,1-4,6-7,9,12H2. The molecule has 2 nitrogen and oxygen atoms in total. The van der Waals surface area contributed by atoms with Crippen molar-refractivity contribution in [3.05, 3.63) is 35.5 Å². The van der Waals surface area contributed by atoms with Crippen LogP contribution in [0.15, 0.2) is 24.4 Å². The molecule has 1 saturated heterocycles. The number of aromatic nitrogens is 1. The molecule has 0 amide bonds. The Hall–Kier alpha value is -1.28. The highest BCUT2D eigenvalue weighted by molar-refractivity contribution is 5.84. The Morgan fingerprint density at radius 3 is 3.16 bits per heavy atom. The fraction of sp³-hybridized carbons (Fsp3) is 0.529. The number of nitrogens with zero attached hydrogens (tertiary/aromatic N) is 1. The maximum absolute atomic E-state index is 3.53. The van der Waals surface area contributed by atoms with Crippen molar-refractivity contribution in [3.8, 4) is 0 Å².